The van der Waals surface area contributed by atoms with Crippen LogP contribution in [0, 0.1) is 0 Å². The van der Waals surface area contributed by atoms with Gasteiger partial charge >= 0.3 is 0 Å². The zero-order valence-electron chi connectivity index (χ0n) is 16.9. The first kappa shape index (κ1) is 18.5. The summed E-state index contributed by atoms with van der Waals surface area (Å²) in [4.78, 5) is 4.88. The monoisotopic (exact) mass is 381 g/mol. The van der Waals surface area contributed by atoms with Crippen LogP contribution < -0.4 is 9.47 Å². The average Bonchev–Trinajstić information content (AvgIpc) is 3.32. The first-order valence-corrected chi connectivity index (χ1v) is 9.68. The van der Waals surface area contributed by atoms with Crippen molar-refractivity contribution in [1.29, 1.82) is 0 Å². The van der Waals surface area contributed by atoms with E-state index >= 15 is 0 Å². The van der Waals surface area contributed by atoms with E-state index in [0.29, 0.717) is 18.3 Å². The number of benzene rings is 1. The standard InChI is InChI=1S/C21H27N5O2/c1-21(2,3)26-20(15-10-12-25-16(13-15)9-11-22-25)23-19(24-26)14-28-18-7-5-17(27-4)6-8-18/h5-9,11,15H,10,12-14H2,1-4H3. The maximum atomic E-state index is 5.90. The molecule has 0 fully saturated rings. The van der Waals surface area contributed by atoms with Crippen LogP contribution in [0.4, 0.5) is 0 Å². The molecule has 1 atom stereocenters. The molecule has 1 aliphatic heterocycles. The first-order chi connectivity index (χ1) is 13.4. The SMILES string of the molecule is COc1ccc(OCc2nc(C3CCn4nccc4C3)n(C(C)(C)C)n2)cc1. The molecule has 4 rings (SSSR count). The Morgan fingerprint density at radius 1 is 1.11 bits per heavy atom. The Hall–Kier alpha value is -2.83. The lowest BCUT2D eigenvalue weighted by Gasteiger charge is -2.27. The van der Waals surface area contributed by atoms with Crippen molar-refractivity contribution >= 4 is 0 Å². The summed E-state index contributed by atoms with van der Waals surface area (Å²) in [6.07, 6.45) is 3.83. The third-order valence-corrected chi connectivity index (χ3v) is 5.05. The Labute approximate surface area is 165 Å². The Bertz CT molecular complexity index is 937. The van der Waals surface area contributed by atoms with Gasteiger partial charge in [-0.15, -0.1) is 0 Å². The lowest BCUT2D eigenvalue weighted by Crippen LogP contribution is -2.29. The summed E-state index contributed by atoms with van der Waals surface area (Å²) in [5, 5.41) is 9.16. The molecule has 0 saturated carbocycles. The molecule has 1 aromatic carbocycles. The third-order valence-electron chi connectivity index (χ3n) is 5.05. The number of hydrogen-bond donors (Lipinski definition) is 0. The molecule has 0 radical (unpaired) electrons. The normalized spacial score (nSPS) is 16.6. The molecule has 0 N–H and O–H groups in total. The fourth-order valence-electron chi connectivity index (χ4n) is 3.60. The van der Waals surface area contributed by atoms with Crippen molar-refractivity contribution in [1.82, 2.24) is 24.5 Å². The molecule has 2 aromatic heterocycles. The minimum absolute atomic E-state index is 0.140. The van der Waals surface area contributed by atoms with Crippen LogP contribution in [-0.4, -0.2) is 31.7 Å². The predicted molar refractivity (Wildman–Crippen MR) is 106 cm³/mol. The highest BCUT2D eigenvalue weighted by atomic mass is 16.5. The second-order valence-electron chi connectivity index (χ2n) is 8.17. The molecule has 0 amide bonds. The summed E-state index contributed by atoms with van der Waals surface area (Å²) < 4.78 is 15.2. The van der Waals surface area contributed by atoms with Crippen LogP contribution in [0.2, 0.25) is 0 Å². The van der Waals surface area contributed by atoms with Crippen LogP contribution in [0.1, 0.15) is 50.5 Å². The zero-order chi connectivity index (χ0) is 19.7. The molecule has 7 heteroatoms. The first-order valence-electron chi connectivity index (χ1n) is 9.68. The molecular formula is C21H27N5O2. The van der Waals surface area contributed by atoms with Crippen LogP contribution >= 0.6 is 0 Å². The van der Waals surface area contributed by atoms with Crippen LogP contribution in [0.3, 0.4) is 0 Å². The molecule has 0 bridgehead atoms. The Kier molecular flexibility index (Phi) is 4.83. The molecule has 28 heavy (non-hydrogen) atoms. The molecular weight excluding hydrogens is 354 g/mol. The third kappa shape index (κ3) is 3.74. The molecule has 0 aliphatic carbocycles. The summed E-state index contributed by atoms with van der Waals surface area (Å²) >= 11 is 0. The van der Waals surface area contributed by atoms with Gasteiger partial charge in [-0.05, 0) is 63.9 Å². The molecule has 3 heterocycles. The maximum Gasteiger partial charge on any atom is 0.188 e. The summed E-state index contributed by atoms with van der Waals surface area (Å²) in [6.45, 7) is 7.74. The highest BCUT2D eigenvalue weighted by Crippen LogP contribution is 2.31. The summed E-state index contributed by atoms with van der Waals surface area (Å²) in [7, 11) is 1.65. The number of nitrogens with zero attached hydrogens (tertiary/aromatic N) is 5. The highest BCUT2D eigenvalue weighted by Gasteiger charge is 2.29. The highest BCUT2D eigenvalue weighted by molar-refractivity contribution is 5.31. The van der Waals surface area contributed by atoms with Gasteiger partial charge in [0.2, 0.25) is 0 Å². The van der Waals surface area contributed by atoms with Crippen LogP contribution in [0.15, 0.2) is 36.5 Å². The number of methoxy groups -OCH3 is 1. The largest absolute Gasteiger partial charge is 0.497 e. The fourth-order valence-corrected chi connectivity index (χ4v) is 3.60. The zero-order valence-corrected chi connectivity index (χ0v) is 16.9. The van der Waals surface area contributed by atoms with E-state index in [1.807, 2.05) is 30.5 Å². The number of ether oxygens (including phenoxy) is 2. The van der Waals surface area contributed by atoms with E-state index in [0.717, 1.165) is 36.7 Å². The molecule has 1 aliphatic rings. The summed E-state index contributed by atoms with van der Waals surface area (Å²) in [6, 6.07) is 9.64. The predicted octanol–water partition coefficient (Wildman–Crippen LogP) is 3.55. The molecule has 1 unspecified atom stereocenters. The second-order valence-corrected chi connectivity index (χ2v) is 8.17. The Morgan fingerprint density at radius 3 is 2.57 bits per heavy atom. The van der Waals surface area contributed by atoms with Crippen molar-refractivity contribution in [3.63, 3.8) is 0 Å². The van der Waals surface area contributed by atoms with Gasteiger partial charge in [0.25, 0.3) is 0 Å². The van der Waals surface area contributed by atoms with E-state index in [4.69, 9.17) is 19.6 Å². The van der Waals surface area contributed by atoms with Crippen molar-refractivity contribution in [3.05, 3.63) is 53.9 Å². The number of hydrogen-bond acceptors (Lipinski definition) is 5. The van der Waals surface area contributed by atoms with E-state index in [2.05, 4.69) is 41.3 Å². The Morgan fingerprint density at radius 2 is 1.86 bits per heavy atom. The van der Waals surface area contributed by atoms with E-state index in [9.17, 15) is 0 Å². The molecule has 148 valence electrons. The number of aryl methyl sites for hydroxylation is 1. The molecule has 7 nitrogen and oxygen atoms in total. The summed E-state index contributed by atoms with van der Waals surface area (Å²) in [5.41, 5.74) is 1.12. The topological polar surface area (TPSA) is 67.0 Å². The minimum atomic E-state index is -0.140. The Balaban J connectivity index is 1.54. The lowest BCUT2D eigenvalue weighted by molar-refractivity contribution is 0.286. The molecule has 0 saturated heterocycles. The van der Waals surface area contributed by atoms with Crippen LogP contribution in [-0.2, 0) is 25.1 Å². The molecule has 3 aromatic rings. The van der Waals surface area contributed by atoms with E-state index in [1.54, 1.807) is 7.11 Å². The van der Waals surface area contributed by atoms with Gasteiger partial charge in [0, 0.05) is 24.4 Å². The smallest absolute Gasteiger partial charge is 0.188 e. The van der Waals surface area contributed by atoms with Gasteiger partial charge in [0.15, 0.2) is 5.82 Å². The fraction of sp³-hybridized carbons (Fsp3) is 0.476. The minimum Gasteiger partial charge on any atom is -0.497 e. The van der Waals surface area contributed by atoms with Gasteiger partial charge in [0.1, 0.15) is 23.9 Å². The number of aromatic nitrogens is 5. The van der Waals surface area contributed by atoms with Gasteiger partial charge in [-0.25, -0.2) is 9.67 Å². The number of rotatable bonds is 5. The lowest BCUT2D eigenvalue weighted by atomic mass is 9.94. The van der Waals surface area contributed by atoms with E-state index < -0.39 is 0 Å². The quantitative estimate of drug-likeness (QED) is 0.676. The number of fused-ring (bicyclic) bond motifs is 1. The van der Waals surface area contributed by atoms with Crippen molar-refractivity contribution < 1.29 is 9.47 Å². The van der Waals surface area contributed by atoms with Crippen molar-refractivity contribution in [2.75, 3.05) is 7.11 Å². The van der Waals surface area contributed by atoms with Crippen molar-refractivity contribution in [3.8, 4) is 11.5 Å². The van der Waals surface area contributed by atoms with Gasteiger partial charge in [0.05, 0.1) is 12.6 Å². The summed E-state index contributed by atoms with van der Waals surface area (Å²) in [5.74, 6) is 3.66. The van der Waals surface area contributed by atoms with E-state index in [1.165, 1.54) is 5.69 Å². The van der Waals surface area contributed by atoms with Crippen LogP contribution in [0.5, 0.6) is 11.5 Å². The molecule has 0 spiro atoms. The average molecular weight is 381 g/mol. The van der Waals surface area contributed by atoms with Crippen molar-refractivity contribution in [2.45, 2.75) is 58.2 Å². The van der Waals surface area contributed by atoms with Gasteiger partial charge in [-0.2, -0.15) is 10.2 Å². The van der Waals surface area contributed by atoms with Gasteiger partial charge < -0.3 is 9.47 Å². The van der Waals surface area contributed by atoms with Crippen molar-refractivity contribution in [2.24, 2.45) is 0 Å². The van der Waals surface area contributed by atoms with Gasteiger partial charge in [-0.3, -0.25) is 4.68 Å². The maximum absolute atomic E-state index is 5.90. The van der Waals surface area contributed by atoms with E-state index in [-0.39, 0.29) is 5.54 Å². The van der Waals surface area contributed by atoms with Gasteiger partial charge in [-0.1, -0.05) is 0 Å². The second kappa shape index (κ2) is 7.30. The van der Waals surface area contributed by atoms with Crippen LogP contribution in [0.25, 0.3) is 0 Å².